The van der Waals surface area contributed by atoms with Crippen molar-refractivity contribution in [3.8, 4) is 10.4 Å². The van der Waals surface area contributed by atoms with Gasteiger partial charge in [0.2, 0.25) is 0 Å². The van der Waals surface area contributed by atoms with Gasteiger partial charge < -0.3 is 5.32 Å². The molecule has 3 N–H and O–H groups in total. The molecule has 1 heterocycles. The van der Waals surface area contributed by atoms with Gasteiger partial charge in [0.15, 0.2) is 5.11 Å². The lowest BCUT2D eigenvalue weighted by Crippen LogP contribution is -2.48. The standard InChI is InChI=1S/C17H19N3OS2/c1-10(2)18-17(22)20-19-16(21)14-9-12-8-7-11-5-3-4-6-13(11)15(12)23-14/h3-6,9-10H,7-8H2,1-2H3,(H,19,21)(H2,18,20,22). The molecule has 2 aromatic rings. The second kappa shape index (κ2) is 6.68. The van der Waals surface area contributed by atoms with E-state index in [-0.39, 0.29) is 11.9 Å². The lowest BCUT2D eigenvalue weighted by Gasteiger charge is -2.15. The van der Waals surface area contributed by atoms with E-state index in [4.69, 9.17) is 12.2 Å². The zero-order chi connectivity index (χ0) is 16.4. The number of amides is 1. The van der Waals surface area contributed by atoms with Crippen molar-refractivity contribution in [3.05, 3.63) is 46.3 Å². The molecule has 1 amide bonds. The summed E-state index contributed by atoms with van der Waals surface area (Å²) in [5, 5.41) is 3.44. The fourth-order valence-electron chi connectivity index (χ4n) is 2.66. The molecule has 0 spiro atoms. The van der Waals surface area contributed by atoms with Crippen molar-refractivity contribution in [3.63, 3.8) is 0 Å². The highest BCUT2D eigenvalue weighted by atomic mass is 32.1. The molecular weight excluding hydrogens is 326 g/mol. The van der Waals surface area contributed by atoms with Crippen LogP contribution in [0.25, 0.3) is 10.4 Å². The number of thiophene rings is 1. The lowest BCUT2D eigenvalue weighted by molar-refractivity contribution is 0.0947. The van der Waals surface area contributed by atoms with E-state index in [2.05, 4.69) is 34.4 Å². The van der Waals surface area contributed by atoms with E-state index in [0.717, 1.165) is 12.8 Å². The fourth-order valence-corrected chi connectivity index (χ4v) is 4.11. The van der Waals surface area contributed by atoms with Crippen LogP contribution in [0.5, 0.6) is 0 Å². The molecule has 1 aliphatic carbocycles. The van der Waals surface area contributed by atoms with E-state index in [9.17, 15) is 4.79 Å². The lowest BCUT2D eigenvalue weighted by atomic mass is 9.91. The number of hydrogen-bond acceptors (Lipinski definition) is 3. The first-order chi connectivity index (χ1) is 11.0. The third-order valence-corrected chi connectivity index (χ3v) is 5.10. The van der Waals surface area contributed by atoms with Crippen LogP contribution < -0.4 is 16.2 Å². The molecule has 0 saturated carbocycles. The second-order valence-corrected chi connectivity index (χ2v) is 7.29. The van der Waals surface area contributed by atoms with Crippen LogP contribution in [0.4, 0.5) is 0 Å². The van der Waals surface area contributed by atoms with Gasteiger partial charge in [-0.1, -0.05) is 24.3 Å². The molecule has 3 rings (SSSR count). The number of nitrogens with one attached hydrogen (secondary N) is 3. The summed E-state index contributed by atoms with van der Waals surface area (Å²) in [5.74, 6) is -0.158. The van der Waals surface area contributed by atoms with E-state index in [1.807, 2.05) is 26.0 Å². The maximum Gasteiger partial charge on any atom is 0.279 e. The molecular formula is C17H19N3OS2. The highest BCUT2D eigenvalue weighted by Gasteiger charge is 2.21. The summed E-state index contributed by atoms with van der Waals surface area (Å²) in [6.07, 6.45) is 2.01. The van der Waals surface area contributed by atoms with Gasteiger partial charge in [0.1, 0.15) is 0 Å². The number of hydrazine groups is 1. The van der Waals surface area contributed by atoms with Crippen LogP contribution in [-0.4, -0.2) is 17.1 Å². The normalized spacial score (nSPS) is 12.3. The number of benzene rings is 1. The Bertz CT molecular complexity index is 752. The van der Waals surface area contributed by atoms with Gasteiger partial charge in [0, 0.05) is 10.9 Å². The predicted octanol–water partition coefficient (Wildman–Crippen LogP) is 3.03. The molecule has 0 unspecified atom stereocenters. The van der Waals surface area contributed by atoms with E-state index in [1.165, 1.54) is 32.9 Å². The van der Waals surface area contributed by atoms with Gasteiger partial charge in [-0.05, 0) is 61.7 Å². The van der Waals surface area contributed by atoms with E-state index in [0.29, 0.717) is 9.99 Å². The summed E-state index contributed by atoms with van der Waals surface area (Å²) in [6.45, 7) is 3.97. The number of carbonyl (C=O) groups is 1. The van der Waals surface area contributed by atoms with Crippen LogP contribution in [0.2, 0.25) is 0 Å². The van der Waals surface area contributed by atoms with E-state index < -0.39 is 0 Å². The SMILES string of the molecule is CC(C)NC(=S)NNC(=O)c1cc2c(s1)-c1ccccc1CC2. The minimum atomic E-state index is -0.158. The van der Waals surface area contributed by atoms with Crippen molar-refractivity contribution >= 4 is 34.6 Å². The van der Waals surface area contributed by atoms with Crippen LogP contribution in [0, 0.1) is 0 Å². The molecule has 1 aromatic carbocycles. The summed E-state index contributed by atoms with van der Waals surface area (Å²) < 4.78 is 0. The van der Waals surface area contributed by atoms with Crippen molar-refractivity contribution in [1.82, 2.24) is 16.2 Å². The maximum atomic E-state index is 12.3. The average Bonchev–Trinajstić information content (AvgIpc) is 2.96. The van der Waals surface area contributed by atoms with Crippen molar-refractivity contribution in [2.24, 2.45) is 0 Å². The zero-order valence-electron chi connectivity index (χ0n) is 13.1. The summed E-state index contributed by atoms with van der Waals surface area (Å²) in [4.78, 5) is 14.2. The monoisotopic (exact) mass is 345 g/mol. The number of hydrogen-bond donors (Lipinski definition) is 3. The van der Waals surface area contributed by atoms with Gasteiger partial charge in [0.05, 0.1) is 4.88 Å². The zero-order valence-corrected chi connectivity index (χ0v) is 14.7. The van der Waals surface area contributed by atoms with Crippen molar-refractivity contribution in [2.75, 3.05) is 0 Å². The molecule has 1 aliphatic rings. The van der Waals surface area contributed by atoms with Gasteiger partial charge in [-0.3, -0.25) is 15.6 Å². The highest BCUT2D eigenvalue weighted by Crippen LogP contribution is 2.39. The number of thiocarbonyl (C=S) groups is 1. The smallest absolute Gasteiger partial charge is 0.279 e. The third kappa shape index (κ3) is 3.54. The Kier molecular flexibility index (Phi) is 4.63. The molecule has 4 nitrogen and oxygen atoms in total. The number of rotatable bonds is 2. The third-order valence-electron chi connectivity index (χ3n) is 3.67. The van der Waals surface area contributed by atoms with Gasteiger partial charge in [-0.15, -0.1) is 11.3 Å². The molecule has 120 valence electrons. The molecule has 0 radical (unpaired) electrons. The quantitative estimate of drug-likeness (QED) is 0.578. The largest absolute Gasteiger partial charge is 0.359 e. The van der Waals surface area contributed by atoms with Crippen molar-refractivity contribution in [2.45, 2.75) is 32.7 Å². The fraction of sp³-hybridized carbons (Fsp3) is 0.294. The molecule has 0 bridgehead atoms. The van der Waals surface area contributed by atoms with Gasteiger partial charge in [0.25, 0.3) is 5.91 Å². The summed E-state index contributed by atoms with van der Waals surface area (Å²) in [5.41, 5.74) is 9.25. The van der Waals surface area contributed by atoms with Crippen LogP contribution in [0.3, 0.4) is 0 Å². The second-order valence-electron chi connectivity index (χ2n) is 5.83. The van der Waals surface area contributed by atoms with Gasteiger partial charge in [-0.25, -0.2) is 0 Å². The minimum absolute atomic E-state index is 0.158. The van der Waals surface area contributed by atoms with Gasteiger partial charge in [-0.2, -0.15) is 0 Å². The summed E-state index contributed by atoms with van der Waals surface area (Å²) in [7, 11) is 0. The van der Waals surface area contributed by atoms with Crippen molar-refractivity contribution < 1.29 is 4.79 Å². The first kappa shape index (κ1) is 16.0. The minimum Gasteiger partial charge on any atom is -0.359 e. The Morgan fingerprint density at radius 1 is 1.17 bits per heavy atom. The first-order valence-corrected chi connectivity index (χ1v) is 8.85. The average molecular weight is 345 g/mol. The number of aryl methyl sites for hydroxylation is 2. The Balaban J connectivity index is 1.72. The Morgan fingerprint density at radius 3 is 2.70 bits per heavy atom. The van der Waals surface area contributed by atoms with Crippen LogP contribution in [-0.2, 0) is 12.8 Å². The highest BCUT2D eigenvalue weighted by molar-refractivity contribution is 7.80. The molecule has 1 aromatic heterocycles. The molecule has 0 saturated heterocycles. The van der Waals surface area contributed by atoms with Crippen LogP contribution in [0.15, 0.2) is 30.3 Å². The van der Waals surface area contributed by atoms with E-state index in [1.54, 1.807) is 0 Å². The Hall–Kier alpha value is -1.92. The molecule has 23 heavy (non-hydrogen) atoms. The van der Waals surface area contributed by atoms with E-state index >= 15 is 0 Å². The molecule has 6 heteroatoms. The Labute approximate surface area is 145 Å². The number of carbonyl (C=O) groups excluding carboxylic acids is 1. The molecule has 0 aliphatic heterocycles. The predicted molar refractivity (Wildman–Crippen MR) is 98.6 cm³/mol. The molecule has 0 atom stereocenters. The first-order valence-electron chi connectivity index (χ1n) is 7.62. The Morgan fingerprint density at radius 2 is 1.91 bits per heavy atom. The maximum absolute atomic E-state index is 12.3. The summed E-state index contributed by atoms with van der Waals surface area (Å²) >= 11 is 6.64. The topological polar surface area (TPSA) is 53.2 Å². The van der Waals surface area contributed by atoms with Crippen molar-refractivity contribution in [1.29, 1.82) is 0 Å². The van der Waals surface area contributed by atoms with Crippen LogP contribution in [0.1, 0.15) is 34.6 Å². The molecule has 0 fully saturated rings. The number of fused-ring (bicyclic) bond motifs is 3. The van der Waals surface area contributed by atoms with Crippen LogP contribution >= 0.6 is 23.6 Å². The van der Waals surface area contributed by atoms with Gasteiger partial charge >= 0.3 is 0 Å². The summed E-state index contributed by atoms with van der Waals surface area (Å²) in [6, 6.07) is 10.6.